The van der Waals surface area contributed by atoms with Gasteiger partial charge in [-0.3, -0.25) is 4.79 Å². The van der Waals surface area contributed by atoms with Crippen LogP contribution in [-0.4, -0.2) is 5.78 Å². The van der Waals surface area contributed by atoms with Gasteiger partial charge in [-0.25, -0.2) is 0 Å². The minimum atomic E-state index is 0.160. The van der Waals surface area contributed by atoms with Crippen molar-refractivity contribution in [2.24, 2.45) is 11.8 Å². The Morgan fingerprint density at radius 3 is 2.81 bits per heavy atom. The number of hydrogen-bond donors (Lipinski definition) is 0. The van der Waals surface area contributed by atoms with Crippen molar-refractivity contribution < 1.29 is 4.79 Å². The number of Topliss-reactive ketones (excluding diaryl/α,β-unsaturated/α-hetero) is 1. The predicted molar refractivity (Wildman–Crippen MR) is 85.0 cm³/mol. The zero-order valence-electron chi connectivity index (χ0n) is 12.0. The first kappa shape index (κ1) is 13.1. The summed E-state index contributed by atoms with van der Waals surface area (Å²) in [5.74, 6) is 1.39. The SMILES string of the molecule is Cc1ccc(C(=O)C2C3CCc4ccccc4C32)cc1Cl. The van der Waals surface area contributed by atoms with Gasteiger partial charge in [0.1, 0.15) is 0 Å². The summed E-state index contributed by atoms with van der Waals surface area (Å²) in [6, 6.07) is 14.3. The molecule has 1 nitrogen and oxygen atoms in total. The van der Waals surface area contributed by atoms with E-state index in [-0.39, 0.29) is 11.7 Å². The van der Waals surface area contributed by atoms with Crippen molar-refractivity contribution in [2.45, 2.75) is 25.7 Å². The van der Waals surface area contributed by atoms with Gasteiger partial charge in [0, 0.05) is 16.5 Å². The van der Waals surface area contributed by atoms with Crippen LogP contribution >= 0.6 is 11.6 Å². The zero-order chi connectivity index (χ0) is 14.6. The van der Waals surface area contributed by atoms with Gasteiger partial charge in [-0.15, -0.1) is 0 Å². The Labute approximate surface area is 129 Å². The molecule has 2 aliphatic carbocycles. The van der Waals surface area contributed by atoms with E-state index in [0.717, 1.165) is 24.0 Å². The van der Waals surface area contributed by atoms with Gasteiger partial charge in [0.2, 0.25) is 0 Å². The van der Waals surface area contributed by atoms with Crippen LogP contribution in [-0.2, 0) is 6.42 Å². The second-order valence-corrected chi connectivity index (χ2v) is 6.69. The van der Waals surface area contributed by atoms with E-state index in [1.165, 1.54) is 11.1 Å². The van der Waals surface area contributed by atoms with Gasteiger partial charge in [0.15, 0.2) is 5.78 Å². The van der Waals surface area contributed by atoms with E-state index in [9.17, 15) is 4.79 Å². The highest BCUT2D eigenvalue weighted by molar-refractivity contribution is 6.31. The normalized spacial score (nSPS) is 25.9. The molecule has 2 aromatic carbocycles. The van der Waals surface area contributed by atoms with Crippen molar-refractivity contribution in [1.29, 1.82) is 0 Å². The number of aryl methyl sites for hydroxylation is 2. The first-order valence-corrected chi connectivity index (χ1v) is 7.93. The van der Waals surface area contributed by atoms with Gasteiger partial charge in [0.05, 0.1) is 0 Å². The molecular formula is C19H17ClO. The summed E-state index contributed by atoms with van der Waals surface area (Å²) in [6.07, 6.45) is 2.24. The molecule has 0 N–H and O–H groups in total. The largest absolute Gasteiger partial charge is 0.294 e. The monoisotopic (exact) mass is 296 g/mol. The van der Waals surface area contributed by atoms with Crippen LogP contribution in [0.25, 0.3) is 0 Å². The van der Waals surface area contributed by atoms with Gasteiger partial charge >= 0.3 is 0 Å². The lowest BCUT2D eigenvalue weighted by Gasteiger charge is -2.13. The highest BCUT2D eigenvalue weighted by Crippen LogP contribution is 2.60. The molecule has 3 unspecified atom stereocenters. The van der Waals surface area contributed by atoms with Crippen LogP contribution in [0.1, 0.15) is 39.4 Å². The number of halogens is 1. The Balaban J connectivity index is 1.65. The average Bonchev–Trinajstić information content (AvgIpc) is 3.24. The van der Waals surface area contributed by atoms with Gasteiger partial charge in [-0.1, -0.05) is 48.0 Å². The predicted octanol–water partition coefficient (Wildman–Crippen LogP) is 4.81. The third-order valence-electron chi connectivity index (χ3n) is 5.09. The maximum Gasteiger partial charge on any atom is 0.166 e. The molecule has 0 aromatic heterocycles. The molecule has 1 saturated carbocycles. The van der Waals surface area contributed by atoms with Crippen LogP contribution in [0.3, 0.4) is 0 Å². The van der Waals surface area contributed by atoms with Crippen LogP contribution in [0.2, 0.25) is 5.02 Å². The summed E-state index contributed by atoms with van der Waals surface area (Å²) in [6.45, 7) is 1.96. The minimum Gasteiger partial charge on any atom is -0.294 e. The molecular weight excluding hydrogens is 280 g/mol. The molecule has 2 aromatic rings. The van der Waals surface area contributed by atoms with Crippen molar-refractivity contribution in [3.8, 4) is 0 Å². The Morgan fingerprint density at radius 2 is 2.00 bits per heavy atom. The lowest BCUT2D eigenvalue weighted by atomic mass is 9.92. The topological polar surface area (TPSA) is 17.1 Å². The molecule has 2 aliphatic rings. The maximum atomic E-state index is 12.8. The summed E-state index contributed by atoms with van der Waals surface area (Å²) >= 11 is 6.16. The van der Waals surface area contributed by atoms with E-state index in [1.807, 2.05) is 25.1 Å². The molecule has 0 spiro atoms. The number of hydrogen-bond acceptors (Lipinski definition) is 1. The highest BCUT2D eigenvalue weighted by Gasteiger charge is 2.56. The molecule has 0 amide bonds. The third kappa shape index (κ3) is 2.03. The van der Waals surface area contributed by atoms with Crippen molar-refractivity contribution in [2.75, 3.05) is 0 Å². The Bertz CT molecular complexity index is 734. The molecule has 3 atom stereocenters. The van der Waals surface area contributed by atoms with E-state index in [4.69, 9.17) is 11.6 Å². The molecule has 0 saturated heterocycles. The van der Waals surface area contributed by atoms with Crippen LogP contribution < -0.4 is 0 Å². The summed E-state index contributed by atoms with van der Waals surface area (Å²) in [7, 11) is 0. The molecule has 1 fully saturated rings. The summed E-state index contributed by atoms with van der Waals surface area (Å²) in [5, 5.41) is 0.685. The van der Waals surface area contributed by atoms with Crippen molar-refractivity contribution in [3.63, 3.8) is 0 Å². The number of carbonyl (C=O) groups excluding carboxylic acids is 1. The van der Waals surface area contributed by atoms with Gasteiger partial charge in [-0.2, -0.15) is 0 Å². The molecule has 21 heavy (non-hydrogen) atoms. The summed E-state index contributed by atoms with van der Waals surface area (Å²) in [5.41, 5.74) is 4.61. The molecule has 0 bridgehead atoms. The fraction of sp³-hybridized carbons (Fsp3) is 0.316. The number of ketones is 1. The van der Waals surface area contributed by atoms with E-state index in [1.54, 1.807) is 0 Å². The van der Waals surface area contributed by atoms with Crippen molar-refractivity contribution >= 4 is 17.4 Å². The smallest absolute Gasteiger partial charge is 0.166 e. The average molecular weight is 297 g/mol. The van der Waals surface area contributed by atoms with Crippen LogP contribution in [0.4, 0.5) is 0 Å². The number of benzene rings is 2. The summed E-state index contributed by atoms with van der Waals surface area (Å²) < 4.78 is 0. The fourth-order valence-corrected chi connectivity index (χ4v) is 4.04. The van der Waals surface area contributed by atoms with Crippen LogP contribution in [0.15, 0.2) is 42.5 Å². The Kier molecular flexibility index (Phi) is 2.93. The number of carbonyl (C=O) groups is 1. The Hall–Kier alpha value is -1.60. The summed E-state index contributed by atoms with van der Waals surface area (Å²) in [4.78, 5) is 12.8. The number of fused-ring (bicyclic) bond motifs is 3. The van der Waals surface area contributed by atoms with E-state index >= 15 is 0 Å². The second kappa shape index (κ2) is 4.71. The fourth-order valence-electron chi connectivity index (χ4n) is 3.86. The van der Waals surface area contributed by atoms with Gasteiger partial charge in [-0.05, 0) is 54.4 Å². The zero-order valence-corrected chi connectivity index (χ0v) is 12.7. The quantitative estimate of drug-likeness (QED) is 0.727. The van der Waals surface area contributed by atoms with Crippen LogP contribution in [0.5, 0.6) is 0 Å². The maximum absolute atomic E-state index is 12.8. The highest BCUT2D eigenvalue weighted by atomic mass is 35.5. The number of rotatable bonds is 2. The van der Waals surface area contributed by atoms with Gasteiger partial charge in [0.25, 0.3) is 0 Å². The van der Waals surface area contributed by atoms with E-state index in [0.29, 0.717) is 16.9 Å². The first-order chi connectivity index (χ1) is 10.2. The first-order valence-electron chi connectivity index (χ1n) is 7.55. The standard InChI is InChI=1S/C19H17ClO/c1-11-6-7-13(10-16(11)20)19(21)18-15-9-8-12-4-2-3-5-14(12)17(15)18/h2-7,10,15,17-18H,8-9H2,1H3. The van der Waals surface area contributed by atoms with Crippen molar-refractivity contribution in [3.05, 3.63) is 69.7 Å². The van der Waals surface area contributed by atoms with Gasteiger partial charge < -0.3 is 0 Å². The molecule has 0 heterocycles. The Morgan fingerprint density at radius 1 is 1.19 bits per heavy atom. The molecule has 4 rings (SSSR count). The minimum absolute atomic E-state index is 0.160. The van der Waals surface area contributed by atoms with E-state index in [2.05, 4.69) is 24.3 Å². The lowest BCUT2D eigenvalue weighted by molar-refractivity contribution is 0.0959. The molecule has 106 valence electrons. The molecule has 0 radical (unpaired) electrons. The lowest BCUT2D eigenvalue weighted by Crippen LogP contribution is -2.04. The van der Waals surface area contributed by atoms with Crippen LogP contribution in [0, 0.1) is 18.8 Å². The van der Waals surface area contributed by atoms with E-state index < -0.39 is 0 Å². The molecule has 0 aliphatic heterocycles. The molecule has 2 heteroatoms. The van der Waals surface area contributed by atoms with Crippen molar-refractivity contribution in [1.82, 2.24) is 0 Å². The third-order valence-corrected chi connectivity index (χ3v) is 5.50. The second-order valence-electron chi connectivity index (χ2n) is 6.28.